The normalized spacial score (nSPS) is 10.8. The van der Waals surface area contributed by atoms with Gasteiger partial charge in [0, 0.05) is 23.3 Å². The average molecular weight is 319 g/mol. The molecule has 22 heavy (non-hydrogen) atoms. The Hall–Kier alpha value is -2.71. The number of rotatable bonds is 2. The van der Waals surface area contributed by atoms with Crippen LogP contribution < -0.4 is 0 Å². The molecule has 0 atom stereocenters. The third-order valence-corrected chi connectivity index (χ3v) is 3.01. The van der Waals surface area contributed by atoms with Crippen molar-refractivity contribution in [3.8, 4) is 16.9 Å². The third-order valence-electron chi connectivity index (χ3n) is 3.01. The van der Waals surface area contributed by atoms with Gasteiger partial charge in [-0.1, -0.05) is 0 Å². The lowest BCUT2D eigenvalue weighted by atomic mass is 9.99. The zero-order valence-corrected chi connectivity index (χ0v) is 10.8. The number of phenols is 1. The van der Waals surface area contributed by atoms with Crippen molar-refractivity contribution in [2.45, 2.75) is 6.92 Å². The van der Waals surface area contributed by atoms with E-state index in [9.17, 15) is 37.2 Å². The van der Waals surface area contributed by atoms with Crippen molar-refractivity contribution in [1.29, 1.82) is 0 Å². The summed E-state index contributed by atoms with van der Waals surface area (Å²) in [5.74, 6) is -9.97. The van der Waals surface area contributed by atoms with Crippen LogP contribution in [0.4, 0.5) is 27.6 Å². The summed E-state index contributed by atoms with van der Waals surface area (Å²) in [5, 5.41) is 19.9. The molecule has 116 valence electrons. The van der Waals surface area contributed by atoms with Crippen LogP contribution in [0.1, 0.15) is 5.56 Å². The fraction of sp³-hybridized carbons (Fsp3) is 0.0769. The van der Waals surface area contributed by atoms with E-state index < -0.39 is 62.1 Å². The van der Waals surface area contributed by atoms with Gasteiger partial charge in [0.05, 0.1) is 10.5 Å². The number of nitro groups is 1. The zero-order chi connectivity index (χ0) is 16.8. The maximum absolute atomic E-state index is 14.0. The Kier molecular flexibility index (Phi) is 3.74. The number of nitro benzene ring substituents is 1. The molecule has 0 aliphatic rings. The molecule has 0 spiro atoms. The van der Waals surface area contributed by atoms with Crippen molar-refractivity contribution < 1.29 is 32.0 Å². The predicted octanol–water partition coefficient (Wildman–Crippen LogP) is 3.97. The highest BCUT2D eigenvalue weighted by molar-refractivity contribution is 5.71. The molecule has 0 saturated carbocycles. The fourth-order valence-electron chi connectivity index (χ4n) is 1.88. The Morgan fingerprint density at radius 2 is 1.59 bits per heavy atom. The standard InChI is InChI=1S/C13H6F5NO3/c1-4-10(15)9(12(17)13(18)11(4)16)5-2-7(19(21)22)8(20)3-6(5)14/h2-3,20H,1H3. The van der Waals surface area contributed by atoms with Gasteiger partial charge in [0.1, 0.15) is 11.6 Å². The number of phenolic OH excluding ortho intramolecular Hbond substituents is 1. The molecule has 1 N–H and O–H groups in total. The van der Waals surface area contributed by atoms with Gasteiger partial charge in [0.25, 0.3) is 0 Å². The van der Waals surface area contributed by atoms with Crippen LogP contribution in [0.5, 0.6) is 5.75 Å². The Morgan fingerprint density at radius 1 is 1.00 bits per heavy atom. The summed E-state index contributed by atoms with van der Waals surface area (Å²) in [5.41, 5.74) is -4.26. The van der Waals surface area contributed by atoms with Gasteiger partial charge in [-0.2, -0.15) is 0 Å². The van der Waals surface area contributed by atoms with Crippen LogP contribution in [0.25, 0.3) is 11.1 Å². The number of hydrogen-bond acceptors (Lipinski definition) is 3. The lowest BCUT2D eigenvalue weighted by molar-refractivity contribution is -0.385. The largest absolute Gasteiger partial charge is 0.502 e. The molecule has 2 aromatic rings. The Labute approximate surface area is 119 Å². The second kappa shape index (κ2) is 5.24. The lowest BCUT2D eigenvalue weighted by Gasteiger charge is -2.11. The van der Waals surface area contributed by atoms with E-state index in [1.165, 1.54) is 0 Å². The second-order valence-corrected chi connectivity index (χ2v) is 4.33. The first-order valence-corrected chi connectivity index (χ1v) is 5.66. The molecule has 0 fully saturated rings. The molecule has 4 nitrogen and oxygen atoms in total. The molecule has 0 bridgehead atoms. The molecule has 0 unspecified atom stereocenters. The zero-order valence-electron chi connectivity index (χ0n) is 10.8. The number of benzene rings is 2. The molecule has 0 saturated heterocycles. The second-order valence-electron chi connectivity index (χ2n) is 4.33. The van der Waals surface area contributed by atoms with Crippen LogP contribution >= 0.6 is 0 Å². The summed E-state index contributed by atoms with van der Waals surface area (Å²) in [6, 6.07) is 0.589. The minimum Gasteiger partial charge on any atom is -0.502 e. The maximum Gasteiger partial charge on any atom is 0.311 e. The van der Waals surface area contributed by atoms with Crippen molar-refractivity contribution >= 4 is 5.69 Å². The van der Waals surface area contributed by atoms with Crippen molar-refractivity contribution in [1.82, 2.24) is 0 Å². The first kappa shape index (κ1) is 15.7. The van der Waals surface area contributed by atoms with Gasteiger partial charge in [-0.15, -0.1) is 0 Å². The van der Waals surface area contributed by atoms with Gasteiger partial charge in [-0.25, -0.2) is 22.0 Å². The van der Waals surface area contributed by atoms with E-state index in [4.69, 9.17) is 0 Å². The highest BCUT2D eigenvalue weighted by atomic mass is 19.2. The molecular weight excluding hydrogens is 313 g/mol. The molecule has 9 heteroatoms. The van der Waals surface area contributed by atoms with Gasteiger partial charge in [-0.3, -0.25) is 10.1 Å². The van der Waals surface area contributed by atoms with E-state index in [0.717, 1.165) is 6.92 Å². The van der Waals surface area contributed by atoms with Crippen molar-refractivity contribution in [2.75, 3.05) is 0 Å². The number of aromatic hydroxyl groups is 1. The Balaban J connectivity index is 2.89. The minimum atomic E-state index is -2.04. The maximum atomic E-state index is 14.0. The molecular formula is C13H6F5NO3. The van der Waals surface area contributed by atoms with E-state index in [-0.39, 0.29) is 6.07 Å². The summed E-state index contributed by atoms with van der Waals surface area (Å²) >= 11 is 0. The van der Waals surface area contributed by atoms with E-state index in [0.29, 0.717) is 6.07 Å². The Morgan fingerprint density at radius 3 is 2.14 bits per heavy atom. The van der Waals surface area contributed by atoms with Gasteiger partial charge >= 0.3 is 5.69 Å². The topological polar surface area (TPSA) is 63.4 Å². The minimum absolute atomic E-state index is 0.253. The van der Waals surface area contributed by atoms with Crippen LogP contribution in [-0.2, 0) is 0 Å². The van der Waals surface area contributed by atoms with Crippen molar-refractivity contribution in [3.63, 3.8) is 0 Å². The number of nitrogens with zero attached hydrogens (tertiary/aromatic N) is 1. The number of halogens is 5. The molecule has 0 aliphatic carbocycles. The van der Waals surface area contributed by atoms with Crippen molar-refractivity contribution in [3.05, 3.63) is 56.9 Å². The summed E-state index contributed by atoms with van der Waals surface area (Å²) in [6.45, 7) is 0.795. The molecule has 0 amide bonds. The summed E-state index contributed by atoms with van der Waals surface area (Å²) in [6.07, 6.45) is 0. The summed E-state index contributed by atoms with van der Waals surface area (Å²) in [7, 11) is 0. The van der Waals surface area contributed by atoms with Crippen LogP contribution in [0, 0.1) is 46.1 Å². The van der Waals surface area contributed by atoms with Crippen molar-refractivity contribution in [2.24, 2.45) is 0 Å². The molecule has 0 radical (unpaired) electrons. The first-order valence-electron chi connectivity index (χ1n) is 5.66. The smallest absolute Gasteiger partial charge is 0.311 e. The quantitative estimate of drug-likeness (QED) is 0.299. The average Bonchev–Trinajstić information content (AvgIpc) is 2.45. The fourth-order valence-corrected chi connectivity index (χ4v) is 1.88. The van der Waals surface area contributed by atoms with E-state index >= 15 is 0 Å². The van der Waals surface area contributed by atoms with Crippen LogP contribution in [0.3, 0.4) is 0 Å². The highest BCUT2D eigenvalue weighted by Gasteiger charge is 2.28. The van der Waals surface area contributed by atoms with Crippen LogP contribution in [-0.4, -0.2) is 10.0 Å². The van der Waals surface area contributed by atoms with Gasteiger partial charge < -0.3 is 5.11 Å². The monoisotopic (exact) mass is 319 g/mol. The van der Waals surface area contributed by atoms with Gasteiger partial charge in [-0.05, 0) is 6.92 Å². The Bertz CT molecular complexity index is 778. The molecule has 0 aromatic heterocycles. The van der Waals surface area contributed by atoms with Crippen LogP contribution in [0.2, 0.25) is 0 Å². The highest BCUT2D eigenvalue weighted by Crippen LogP contribution is 2.38. The first-order chi connectivity index (χ1) is 10.2. The predicted molar refractivity (Wildman–Crippen MR) is 64.7 cm³/mol. The summed E-state index contributed by atoms with van der Waals surface area (Å²) in [4.78, 5) is 9.55. The van der Waals surface area contributed by atoms with Gasteiger partial charge in [0.15, 0.2) is 23.2 Å². The van der Waals surface area contributed by atoms with E-state index in [1.807, 2.05) is 0 Å². The third kappa shape index (κ3) is 2.24. The summed E-state index contributed by atoms with van der Waals surface area (Å²) < 4.78 is 68.1. The lowest BCUT2D eigenvalue weighted by Crippen LogP contribution is -2.04. The SMILES string of the molecule is Cc1c(F)c(F)c(F)c(-c2cc([N+](=O)[O-])c(O)cc2F)c1F. The molecule has 0 aliphatic heterocycles. The molecule has 0 heterocycles. The van der Waals surface area contributed by atoms with E-state index in [2.05, 4.69) is 0 Å². The molecule has 2 aromatic carbocycles. The van der Waals surface area contributed by atoms with Crippen LogP contribution in [0.15, 0.2) is 12.1 Å². The van der Waals surface area contributed by atoms with Gasteiger partial charge in [0.2, 0.25) is 0 Å². The molecule has 2 rings (SSSR count). The number of hydrogen-bond donors (Lipinski definition) is 1. The van der Waals surface area contributed by atoms with E-state index in [1.54, 1.807) is 0 Å².